The second-order valence-electron chi connectivity index (χ2n) is 8.10. The smallest absolute Gasteiger partial charge is 0.204 e. The number of furan rings is 1. The standard InChI is InChI=1S/C24H17Cl2NO3/c1-24(2)16-6-4-5-7-20(16)27(3)23-17(24)9-12(30-23)8-15-21(28)13-10-18(25)19(26)11-14(13)22(15)29/h4-11H,1-3H3. The first-order valence-corrected chi connectivity index (χ1v) is 10.2. The van der Waals surface area contributed by atoms with Crippen molar-refractivity contribution >= 4 is 52.4 Å². The summed E-state index contributed by atoms with van der Waals surface area (Å²) < 4.78 is 6.11. The quantitative estimate of drug-likeness (QED) is 0.323. The maximum absolute atomic E-state index is 12.8. The number of para-hydroxylation sites is 1. The van der Waals surface area contributed by atoms with E-state index in [-0.39, 0.29) is 43.7 Å². The van der Waals surface area contributed by atoms with Gasteiger partial charge in [-0.2, -0.15) is 0 Å². The number of Topliss-reactive ketones (excluding diaryl/α,β-unsaturated/α-hetero) is 2. The Morgan fingerprint density at radius 1 is 0.933 bits per heavy atom. The van der Waals surface area contributed by atoms with Crippen molar-refractivity contribution in [2.75, 3.05) is 11.9 Å². The van der Waals surface area contributed by atoms with Crippen LogP contribution in [0.1, 0.15) is 51.5 Å². The zero-order valence-corrected chi connectivity index (χ0v) is 18.1. The van der Waals surface area contributed by atoms with Crippen LogP contribution in [0.25, 0.3) is 6.08 Å². The van der Waals surface area contributed by atoms with E-state index in [4.69, 9.17) is 27.6 Å². The number of fused-ring (bicyclic) bond motifs is 3. The molecule has 0 saturated carbocycles. The zero-order valence-electron chi connectivity index (χ0n) is 16.5. The van der Waals surface area contributed by atoms with Gasteiger partial charge in [0.2, 0.25) is 5.88 Å². The monoisotopic (exact) mass is 437 g/mol. The van der Waals surface area contributed by atoms with Crippen molar-refractivity contribution in [3.63, 3.8) is 0 Å². The van der Waals surface area contributed by atoms with Gasteiger partial charge in [0.1, 0.15) is 5.76 Å². The fraction of sp³-hybridized carbons (Fsp3) is 0.167. The van der Waals surface area contributed by atoms with Crippen LogP contribution >= 0.6 is 23.2 Å². The molecule has 4 nitrogen and oxygen atoms in total. The molecule has 2 aliphatic rings. The normalized spacial score (nSPS) is 16.4. The number of hydrogen-bond donors (Lipinski definition) is 0. The molecule has 0 atom stereocenters. The molecule has 1 aromatic heterocycles. The van der Waals surface area contributed by atoms with Crippen molar-refractivity contribution in [2.24, 2.45) is 0 Å². The van der Waals surface area contributed by atoms with Gasteiger partial charge >= 0.3 is 0 Å². The van der Waals surface area contributed by atoms with Gasteiger partial charge in [0.25, 0.3) is 0 Å². The van der Waals surface area contributed by atoms with Crippen molar-refractivity contribution in [2.45, 2.75) is 19.3 Å². The maximum atomic E-state index is 12.8. The Kier molecular flexibility index (Phi) is 4.05. The van der Waals surface area contributed by atoms with E-state index in [0.717, 1.165) is 11.3 Å². The van der Waals surface area contributed by atoms with Crippen LogP contribution in [0.4, 0.5) is 11.6 Å². The van der Waals surface area contributed by atoms with Gasteiger partial charge in [-0.1, -0.05) is 55.2 Å². The zero-order chi connectivity index (χ0) is 21.4. The van der Waals surface area contributed by atoms with E-state index in [2.05, 4.69) is 26.0 Å². The molecule has 0 amide bonds. The lowest BCUT2D eigenvalue weighted by molar-refractivity contribution is 0.0990. The predicted octanol–water partition coefficient (Wildman–Crippen LogP) is 6.46. The SMILES string of the molecule is CN1c2ccccc2C(C)(C)c2cc(C=C3C(=O)c4cc(Cl)c(Cl)cc4C3=O)oc21. The number of anilines is 2. The molecule has 1 aliphatic heterocycles. The van der Waals surface area contributed by atoms with Gasteiger partial charge in [-0.25, -0.2) is 0 Å². The fourth-order valence-corrected chi connectivity index (χ4v) is 4.63. The van der Waals surface area contributed by atoms with Crippen LogP contribution in [-0.2, 0) is 5.41 Å². The van der Waals surface area contributed by atoms with Crippen molar-refractivity contribution in [3.05, 3.63) is 86.1 Å². The van der Waals surface area contributed by atoms with Crippen LogP contribution < -0.4 is 4.90 Å². The van der Waals surface area contributed by atoms with Gasteiger partial charge in [0.15, 0.2) is 11.6 Å². The number of halogens is 2. The van der Waals surface area contributed by atoms with Crippen LogP contribution in [-0.4, -0.2) is 18.6 Å². The van der Waals surface area contributed by atoms with Crippen molar-refractivity contribution in [1.29, 1.82) is 0 Å². The highest BCUT2D eigenvalue weighted by molar-refractivity contribution is 6.46. The molecule has 0 fully saturated rings. The largest absolute Gasteiger partial charge is 0.440 e. The molecular formula is C24H17Cl2NO3. The van der Waals surface area contributed by atoms with Crippen LogP contribution in [0.5, 0.6) is 0 Å². The molecule has 30 heavy (non-hydrogen) atoms. The Hall–Kier alpha value is -2.82. The molecule has 0 spiro atoms. The number of carbonyl (C=O) groups excluding carboxylic acids is 2. The summed E-state index contributed by atoms with van der Waals surface area (Å²) in [4.78, 5) is 27.7. The number of carbonyl (C=O) groups is 2. The van der Waals surface area contributed by atoms with E-state index in [1.165, 1.54) is 23.8 Å². The summed E-state index contributed by atoms with van der Waals surface area (Å²) in [6, 6.07) is 13.0. The van der Waals surface area contributed by atoms with Gasteiger partial charge < -0.3 is 9.32 Å². The van der Waals surface area contributed by atoms with Gasteiger partial charge in [-0.05, 0) is 35.9 Å². The Labute approximate surface area is 183 Å². The molecular weight excluding hydrogens is 421 g/mol. The maximum Gasteiger partial charge on any atom is 0.204 e. The van der Waals surface area contributed by atoms with Gasteiger partial charge in [0, 0.05) is 34.8 Å². The van der Waals surface area contributed by atoms with E-state index in [1.807, 2.05) is 30.1 Å². The number of hydrogen-bond acceptors (Lipinski definition) is 4. The lowest BCUT2D eigenvalue weighted by Crippen LogP contribution is -2.29. The molecule has 1 aliphatic carbocycles. The number of rotatable bonds is 1. The van der Waals surface area contributed by atoms with Crippen molar-refractivity contribution < 1.29 is 14.0 Å². The molecule has 0 N–H and O–H groups in total. The van der Waals surface area contributed by atoms with Gasteiger partial charge in [-0.15, -0.1) is 0 Å². The summed E-state index contributed by atoms with van der Waals surface area (Å²) in [7, 11) is 1.94. The minimum atomic E-state index is -0.376. The minimum absolute atomic E-state index is 0.0485. The Morgan fingerprint density at radius 3 is 2.17 bits per heavy atom. The Balaban J connectivity index is 1.62. The van der Waals surface area contributed by atoms with Crippen molar-refractivity contribution in [1.82, 2.24) is 0 Å². The summed E-state index contributed by atoms with van der Waals surface area (Å²) >= 11 is 12.1. The third-order valence-electron chi connectivity index (χ3n) is 5.97. The fourth-order valence-electron chi connectivity index (χ4n) is 4.31. The average Bonchev–Trinajstić information content (AvgIpc) is 3.24. The van der Waals surface area contributed by atoms with Gasteiger partial charge in [-0.3, -0.25) is 9.59 Å². The van der Waals surface area contributed by atoms with Gasteiger partial charge in [0.05, 0.1) is 15.6 Å². The number of benzene rings is 2. The topological polar surface area (TPSA) is 50.5 Å². The highest BCUT2D eigenvalue weighted by Gasteiger charge is 2.39. The number of nitrogens with zero attached hydrogens (tertiary/aromatic N) is 1. The molecule has 0 unspecified atom stereocenters. The number of allylic oxidation sites excluding steroid dienone is 1. The summed E-state index contributed by atoms with van der Waals surface area (Å²) in [6.07, 6.45) is 1.51. The predicted molar refractivity (Wildman–Crippen MR) is 118 cm³/mol. The van der Waals surface area contributed by atoms with E-state index < -0.39 is 0 Å². The molecule has 2 heterocycles. The highest BCUT2D eigenvalue weighted by Crippen LogP contribution is 2.49. The van der Waals surface area contributed by atoms with E-state index in [9.17, 15) is 9.59 Å². The Morgan fingerprint density at radius 2 is 1.53 bits per heavy atom. The molecule has 5 rings (SSSR count). The molecule has 0 saturated heterocycles. The molecule has 6 heteroatoms. The summed E-state index contributed by atoms with van der Waals surface area (Å²) in [6.45, 7) is 4.27. The van der Waals surface area contributed by atoms with E-state index in [1.54, 1.807) is 0 Å². The van der Waals surface area contributed by atoms with Crippen LogP contribution in [0.3, 0.4) is 0 Å². The highest BCUT2D eigenvalue weighted by atomic mass is 35.5. The first kappa shape index (κ1) is 19.2. The van der Waals surface area contributed by atoms with E-state index >= 15 is 0 Å². The molecule has 0 bridgehead atoms. The summed E-state index contributed by atoms with van der Waals surface area (Å²) in [5.41, 5.74) is 3.54. The molecule has 2 aromatic carbocycles. The first-order chi connectivity index (χ1) is 14.2. The molecule has 150 valence electrons. The molecule has 0 radical (unpaired) electrons. The first-order valence-electron chi connectivity index (χ1n) is 9.48. The van der Waals surface area contributed by atoms with E-state index in [0.29, 0.717) is 11.6 Å². The summed E-state index contributed by atoms with van der Waals surface area (Å²) in [5.74, 6) is 0.402. The summed E-state index contributed by atoms with van der Waals surface area (Å²) in [5, 5.41) is 0.486. The van der Waals surface area contributed by atoms with Crippen LogP contribution in [0.2, 0.25) is 10.0 Å². The lowest BCUT2D eigenvalue weighted by Gasteiger charge is -2.36. The molecule has 3 aromatic rings. The third-order valence-corrected chi connectivity index (χ3v) is 6.70. The second kappa shape index (κ2) is 6.34. The lowest BCUT2D eigenvalue weighted by atomic mass is 9.75. The Bertz CT molecular complexity index is 1260. The van der Waals surface area contributed by atoms with Crippen molar-refractivity contribution in [3.8, 4) is 0 Å². The van der Waals surface area contributed by atoms with Crippen LogP contribution in [0, 0.1) is 0 Å². The second-order valence-corrected chi connectivity index (χ2v) is 8.91. The average molecular weight is 438 g/mol. The minimum Gasteiger partial charge on any atom is -0.440 e. The number of ketones is 2. The third kappa shape index (κ3) is 2.54. The van der Waals surface area contributed by atoms with Crippen LogP contribution in [0.15, 0.2) is 52.5 Å².